The molecular weight excluding hydrogens is 266 g/mol. The van der Waals surface area contributed by atoms with Crippen LogP contribution in [0.2, 0.25) is 0 Å². The maximum Gasteiger partial charge on any atom is 0.0149 e. The van der Waals surface area contributed by atoms with E-state index in [4.69, 9.17) is 0 Å². The molecule has 0 aromatic heterocycles. The summed E-state index contributed by atoms with van der Waals surface area (Å²) in [5, 5.41) is 0. The van der Waals surface area contributed by atoms with Crippen molar-refractivity contribution < 1.29 is 0 Å². The van der Waals surface area contributed by atoms with E-state index in [1.54, 1.807) is 0 Å². The number of hydrogen-bond donors (Lipinski definition) is 0. The average molecular weight is 306 g/mol. The average Bonchev–Trinajstić information content (AvgIpc) is 3.27. The lowest BCUT2D eigenvalue weighted by atomic mass is 9.94. The maximum absolute atomic E-state index is 2.86. The lowest BCUT2D eigenvalue weighted by molar-refractivity contribution is 0.0900. The minimum absolute atomic E-state index is 0.615. The normalized spacial score (nSPS) is 29.3. The van der Waals surface area contributed by atoms with Gasteiger partial charge in [0.25, 0.3) is 0 Å². The second-order valence-electron chi connectivity index (χ2n) is 9.24. The van der Waals surface area contributed by atoms with Crippen molar-refractivity contribution >= 4 is 0 Å². The molecule has 0 spiro atoms. The summed E-state index contributed by atoms with van der Waals surface area (Å²) in [4.78, 5) is 2.86. The van der Waals surface area contributed by atoms with Crippen LogP contribution >= 0.6 is 0 Å². The van der Waals surface area contributed by atoms with Gasteiger partial charge in [0.15, 0.2) is 0 Å². The third kappa shape index (κ3) is 4.60. The molecule has 0 saturated heterocycles. The van der Waals surface area contributed by atoms with Gasteiger partial charge in [0, 0.05) is 18.6 Å². The van der Waals surface area contributed by atoms with Gasteiger partial charge in [0.1, 0.15) is 0 Å². The van der Waals surface area contributed by atoms with Gasteiger partial charge in [0.05, 0.1) is 0 Å². The van der Waals surface area contributed by atoms with Crippen molar-refractivity contribution in [3.8, 4) is 0 Å². The van der Waals surface area contributed by atoms with Crippen molar-refractivity contribution in [1.29, 1.82) is 0 Å². The first-order chi connectivity index (χ1) is 10.2. The molecule has 0 aromatic rings. The molecule has 2 aliphatic rings. The summed E-state index contributed by atoms with van der Waals surface area (Å²) >= 11 is 0. The second-order valence-corrected chi connectivity index (χ2v) is 9.24. The minimum atomic E-state index is 0.615. The molecule has 0 radical (unpaired) electrons. The summed E-state index contributed by atoms with van der Waals surface area (Å²) in [5.74, 6) is 2.71. The van der Waals surface area contributed by atoms with E-state index in [9.17, 15) is 0 Å². The fraction of sp³-hybridized carbons (Fsp3) is 0.905. The second kappa shape index (κ2) is 7.07. The Bertz CT molecular complexity index is 385. The number of allylic oxidation sites excluding steroid dienone is 2. The minimum Gasteiger partial charge on any atom is -0.297 e. The Morgan fingerprint density at radius 1 is 1.18 bits per heavy atom. The van der Waals surface area contributed by atoms with E-state index in [-0.39, 0.29) is 0 Å². The molecule has 3 atom stereocenters. The zero-order chi connectivity index (χ0) is 16.5. The van der Waals surface area contributed by atoms with Gasteiger partial charge in [0.2, 0.25) is 0 Å². The van der Waals surface area contributed by atoms with E-state index in [2.05, 4.69) is 59.4 Å². The molecule has 0 N–H and O–H groups in total. The summed E-state index contributed by atoms with van der Waals surface area (Å²) < 4.78 is 0. The van der Waals surface area contributed by atoms with E-state index >= 15 is 0 Å². The molecule has 22 heavy (non-hydrogen) atoms. The monoisotopic (exact) mass is 305 g/mol. The van der Waals surface area contributed by atoms with Crippen molar-refractivity contribution in [3.63, 3.8) is 0 Å². The summed E-state index contributed by atoms with van der Waals surface area (Å²) in [6.45, 7) is 18.0. The van der Waals surface area contributed by atoms with Crippen molar-refractivity contribution in [2.24, 2.45) is 23.2 Å². The van der Waals surface area contributed by atoms with Crippen molar-refractivity contribution in [3.05, 3.63) is 11.6 Å². The van der Waals surface area contributed by atoms with Crippen LogP contribution in [0.25, 0.3) is 0 Å². The Kier molecular flexibility index (Phi) is 5.80. The predicted octanol–water partition coefficient (Wildman–Crippen LogP) is 5.90. The molecule has 2 saturated carbocycles. The van der Waals surface area contributed by atoms with Crippen LogP contribution in [0.5, 0.6) is 0 Å². The van der Waals surface area contributed by atoms with E-state index in [0.29, 0.717) is 11.5 Å². The van der Waals surface area contributed by atoms with E-state index in [1.807, 2.05) is 0 Å². The Balaban J connectivity index is 1.91. The van der Waals surface area contributed by atoms with Crippen LogP contribution in [0.3, 0.4) is 0 Å². The summed E-state index contributed by atoms with van der Waals surface area (Å²) in [6.07, 6.45) is 9.45. The van der Waals surface area contributed by atoms with Crippen LogP contribution in [0, 0.1) is 23.2 Å². The molecule has 1 nitrogen and oxygen atoms in total. The van der Waals surface area contributed by atoms with E-state index in [1.165, 1.54) is 44.2 Å². The Morgan fingerprint density at radius 2 is 1.82 bits per heavy atom. The molecule has 0 bridgehead atoms. The standard InChI is InChI=1S/C21H39N/c1-15(2)9-8-12-21(7)13-19(21)14-22(17(5)6)20(16(3)4)18-10-11-18/h9,16-20H,8,10-14H2,1-7H3. The fourth-order valence-electron chi connectivity index (χ4n) is 4.35. The Hall–Kier alpha value is -0.300. The zero-order valence-corrected chi connectivity index (χ0v) is 16.2. The van der Waals surface area contributed by atoms with Gasteiger partial charge in [-0.05, 0) is 83.0 Å². The van der Waals surface area contributed by atoms with Crippen LogP contribution in [-0.4, -0.2) is 23.5 Å². The molecule has 0 heterocycles. The van der Waals surface area contributed by atoms with Crippen LogP contribution in [0.4, 0.5) is 0 Å². The van der Waals surface area contributed by atoms with Crippen LogP contribution in [-0.2, 0) is 0 Å². The summed E-state index contributed by atoms with van der Waals surface area (Å²) in [6, 6.07) is 1.51. The van der Waals surface area contributed by atoms with Crippen LogP contribution in [0.1, 0.15) is 80.6 Å². The van der Waals surface area contributed by atoms with Gasteiger partial charge in [-0.2, -0.15) is 0 Å². The van der Waals surface area contributed by atoms with Gasteiger partial charge in [-0.3, -0.25) is 4.90 Å². The molecule has 128 valence electrons. The third-order valence-electron chi connectivity index (χ3n) is 6.07. The highest BCUT2D eigenvalue weighted by Gasteiger charge is 2.51. The van der Waals surface area contributed by atoms with Gasteiger partial charge in [-0.25, -0.2) is 0 Å². The topological polar surface area (TPSA) is 3.24 Å². The highest BCUT2D eigenvalue weighted by atomic mass is 15.2. The first kappa shape index (κ1) is 18.0. The van der Waals surface area contributed by atoms with Gasteiger partial charge in [-0.15, -0.1) is 0 Å². The molecule has 2 rings (SSSR count). The highest BCUT2D eigenvalue weighted by Crippen LogP contribution is 2.56. The van der Waals surface area contributed by atoms with Crippen LogP contribution < -0.4 is 0 Å². The molecule has 0 aliphatic heterocycles. The van der Waals surface area contributed by atoms with Crippen molar-refractivity contribution in [2.45, 2.75) is 92.7 Å². The maximum atomic E-state index is 2.86. The molecule has 1 heteroatoms. The highest BCUT2D eigenvalue weighted by molar-refractivity contribution is 5.04. The zero-order valence-electron chi connectivity index (χ0n) is 16.2. The third-order valence-corrected chi connectivity index (χ3v) is 6.07. The van der Waals surface area contributed by atoms with Crippen LogP contribution in [0.15, 0.2) is 11.6 Å². The first-order valence-corrected chi connectivity index (χ1v) is 9.63. The summed E-state index contributed by atoms with van der Waals surface area (Å²) in [5.41, 5.74) is 2.09. The quantitative estimate of drug-likeness (QED) is 0.479. The predicted molar refractivity (Wildman–Crippen MR) is 98.1 cm³/mol. The fourth-order valence-corrected chi connectivity index (χ4v) is 4.35. The van der Waals surface area contributed by atoms with Gasteiger partial charge < -0.3 is 0 Å². The molecule has 2 aliphatic carbocycles. The number of nitrogens with zero attached hydrogens (tertiary/aromatic N) is 1. The molecule has 0 aromatic carbocycles. The number of rotatable bonds is 9. The van der Waals surface area contributed by atoms with Gasteiger partial charge >= 0.3 is 0 Å². The van der Waals surface area contributed by atoms with Crippen molar-refractivity contribution in [1.82, 2.24) is 4.90 Å². The van der Waals surface area contributed by atoms with Crippen molar-refractivity contribution in [2.75, 3.05) is 6.54 Å². The van der Waals surface area contributed by atoms with E-state index in [0.717, 1.165) is 23.8 Å². The molecule has 3 unspecified atom stereocenters. The first-order valence-electron chi connectivity index (χ1n) is 9.63. The lowest BCUT2D eigenvalue weighted by Gasteiger charge is -2.38. The van der Waals surface area contributed by atoms with E-state index < -0.39 is 0 Å². The SMILES string of the molecule is CC(C)=CCCC1(C)CC1CN(C(C)C)C(C(C)C)C1CC1. The molecule has 0 amide bonds. The Morgan fingerprint density at radius 3 is 2.27 bits per heavy atom. The number of hydrogen-bond acceptors (Lipinski definition) is 1. The van der Waals surface area contributed by atoms with Gasteiger partial charge in [-0.1, -0.05) is 32.4 Å². The lowest BCUT2D eigenvalue weighted by Crippen LogP contribution is -2.46. The molecular formula is C21H39N. The molecule has 2 fully saturated rings. The summed E-state index contributed by atoms with van der Waals surface area (Å²) in [7, 11) is 0. The largest absolute Gasteiger partial charge is 0.297 e. The smallest absolute Gasteiger partial charge is 0.0149 e. The Labute approximate surface area is 139 Å².